The van der Waals surface area contributed by atoms with Gasteiger partial charge in [0.1, 0.15) is 9.88 Å². The SMILES string of the molecule is CCOC(=O)CN(C)C1CCN(C(=O)/C=C2/c3ccccc3N(C(=O)c3sc(-c4ccccc4)nc3C)CCC2(F)F)CC1. The molecule has 0 bridgehead atoms. The Hall–Kier alpha value is -3.96. The molecule has 0 unspecified atom stereocenters. The van der Waals surface area contributed by atoms with Crippen LogP contribution in [0.25, 0.3) is 16.1 Å². The Morgan fingerprint density at radius 1 is 1.07 bits per heavy atom. The van der Waals surface area contributed by atoms with Crippen molar-refractivity contribution < 1.29 is 27.9 Å². The summed E-state index contributed by atoms with van der Waals surface area (Å²) in [6.07, 6.45) is 1.63. The summed E-state index contributed by atoms with van der Waals surface area (Å²) in [7, 11) is 1.84. The minimum absolute atomic E-state index is 0.0772. The highest BCUT2D eigenvalue weighted by molar-refractivity contribution is 7.17. The quantitative estimate of drug-likeness (QED) is 0.249. The number of piperidine rings is 1. The predicted molar refractivity (Wildman–Crippen MR) is 167 cm³/mol. The Bertz CT molecular complexity index is 1550. The molecule has 3 aromatic rings. The lowest BCUT2D eigenvalue weighted by molar-refractivity contribution is -0.145. The Morgan fingerprint density at radius 3 is 2.45 bits per heavy atom. The number of nitrogens with zero attached hydrogens (tertiary/aromatic N) is 4. The molecule has 1 aromatic heterocycles. The van der Waals surface area contributed by atoms with Gasteiger partial charge in [0.2, 0.25) is 5.91 Å². The van der Waals surface area contributed by atoms with Crippen molar-refractivity contribution >= 4 is 40.4 Å². The predicted octanol–water partition coefficient (Wildman–Crippen LogP) is 5.67. The second-order valence-corrected chi connectivity index (χ2v) is 12.1. The van der Waals surface area contributed by atoms with Crippen molar-refractivity contribution in [3.63, 3.8) is 0 Å². The van der Waals surface area contributed by atoms with Crippen LogP contribution in [0.3, 0.4) is 0 Å². The second-order valence-electron chi connectivity index (χ2n) is 11.1. The minimum Gasteiger partial charge on any atom is -0.465 e. The number of aromatic nitrogens is 1. The zero-order chi connectivity index (χ0) is 31.4. The Kier molecular flexibility index (Phi) is 9.55. The smallest absolute Gasteiger partial charge is 0.320 e. The molecule has 0 saturated carbocycles. The molecular formula is C33H36F2N4O4S. The van der Waals surface area contributed by atoms with E-state index in [2.05, 4.69) is 4.98 Å². The molecule has 5 rings (SSSR count). The number of thiazole rings is 1. The van der Waals surface area contributed by atoms with Gasteiger partial charge >= 0.3 is 5.97 Å². The number of benzene rings is 2. The van der Waals surface area contributed by atoms with Crippen LogP contribution in [-0.4, -0.2) is 84.4 Å². The molecule has 2 aliphatic heterocycles. The molecule has 0 spiro atoms. The van der Waals surface area contributed by atoms with E-state index in [0.717, 1.165) is 11.6 Å². The molecule has 8 nitrogen and oxygen atoms in total. The molecule has 0 N–H and O–H groups in total. The van der Waals surface area contributed by atoms with Crippen LogP contribution in [0.15, 0.2) is 60.7 Å². The molecule has 2 aromatic carbocycles. The number of alkyl halides is 2. The van der Waals surface area contributed by atoms with E-state index in [1.165, 1.54) is 16.2 Å². The molecular weight excluding hydrogens is 586 g/mol. The van der Waals surface area contributed by atoms with E-state index in [-0.39, 0.29) is 36.2 Å². The van der Waals surface area contributed by atoms with Crippen LogP contribution in [-0.2, 0) is 14.3 Å². The average Bonchev–Trinajstić information content (AvgIpc) is 3.37. The normalized spacial score (nSPS) is 17.8. The maximum atomic E-state index is 15.8. The lowest BCUT2D eigenvalue weighted by atomic mass is 9.96. The summed E-state index contributed by atoms with van der Waals surface area (Å²) in [4.78, 5) is 49.0. The van der Waals surface area contributed by atoms with Crippen molar-refractivity contribution in [1.29, 1.82) is 0 Å². The number of ether oxygens (including phenoxy) is 1. The lowest BCUT2D eigenvalue weighted by Crippen LogP contribution is -2.46. The van der Waals surface area contributed by atoms with Gasteiger partial charge in [0, 0.05) is 54.9 Å². The number of aryl methyl sites for hydroxylation is 1. The molecule has 1 saturated heterocycles. The highest BCUT2D eigenvalue weighted by atomic mass is 32.1. The van der Waals surface area contributed by atoms with Gasteiger partial charge in [-0.1, -0.05) is 48.5 Å². The lowest BCUT2D eigenvalue weighted by Gasteiger charge is -2.36. The van der Waals surface area contributed by atoms with Crippen LogP contribution in [0.1, 0.15) is 47.1 Å². The van der Waals surface area contributed by atoms with Crippen molar-refractivity contribution in [1.82, 2.24) is 14.8 Å². The summed E-state index contributed by atoms with van der Waals surface area (Å²) in [5.74, 6) is -4.53. The summed E-state index contributed by atoms with van der Waals surface area (Å²) in [5.41, 5.74) is 1.52. The fourth-order valence-electron chi connectivity index (χ4n) is 5.74. The molecule has 0 radical (unpaired) electrons. The number of carbonyl (C=O) groups excluding carboxylic acids is 3. The monoisotopic (exact) mass is 622 g/mol. The Morgan fingerprint density at radius 2 is 1.75 bits per heavy atom. The zero-order valence-corrected chi connectivity index (χ0v) is 25.9. The fourth-order valence-corrected chi connectivity index (χ4v) is 6.76. The first-order valence-electron chi connectivity index (χ1n) is 14.8. The van der Waals surface area contributed by atoms with Crippen molar-refractivity contribution in [2.24, 2.45) is 0 Å². The molecule has 0 atom stereocenters. The third-order valence-corrected chi connectivity index (χ3v) is 9.33. The van der Waals surface area contributed by atoms with Crippen LogP contribution in [0, 0.1) is 6.92 Å². The van der Waals surface area contributed by atoms with Gasteiger partial charge in [-0.05, 0) is 39.8 Å². The summed E-state index contributed by atoms with van der Waals surface area (Å²) >= 11 is 1.24. The van der Waals surface area contributed by atoms with Gasteiger partial charge in [0.25, 0.3) is 11.8 Å². The van der Waals surface area contributed by atoms with E-state index in [1.54, 1.807) is 43.0 Å². The topological polar surface area (TPSA) is 83.0 Å². The summed E-state index contributed by atoms with van der Waals surface area (Å²) in [6.45, 7) is 4.52. The van der Waals surface area contributed by atoms with Crippen LogP contribution in [0.5, 0.6) is 0 Å². The van der Waals surface area contributed by atoms with Crippen molar-refractivity contribution in [2.75, 3.05) is 44.7 Å². The van der Waals surface area contributed by atoms with Crippen molar-refractivity contribution in [2.45, 2.75) is 45.1 Å². The first kappa shape index (κ1) is 31.5. The van der Waals surface area contributed by atoms with Crippen LogP contribution in [0.2, 0.25) is 0 Å². The van der Waals surface area contributed by atoms with Crippen LogP contribution < -0.4 is 4.90 Å². The van der Waals surface area contributed by atoms with E-state index in [9.17, 15) is 14.4 Å². The number of fused-ring (bicyclic) bond motifs is 1. The molecule has 1 fully saturated rings. The summed E-state index contributed by atoms with van der Waals surface area (Å²) in [5, 5.41) is 0.682. The number of hydrogen-bond acceptors (Lipinski definition) is 7. The summed E-state index contributed by atoms with van der Waals surface area (Å²) < 4.78 is 36.6. The van der Waals surface area contributed by atoms with E-state index >= 15 is 8.78 Å². The van der Waals surface area contributed by atoms with E-state index < -0.39 is 24.2 Å². The molecule has 2 amide bonds. The van der Waals surface area contributed by atoms with E-state index in [1.807, 2.05) is 42.3 Å². The molecule has 2 aliphatic rings. The van der Waals surface area contributed by atoms with E-state index in [0.29, 0.717) is 53.8 Å². The van der Waals surface area contributed by atoms with Gasteiger partial charge in [-0.25, -0.2) is 13.8 Å². The number of halogens is 2. The molecule has 3 heterocycles. The number of allylic oxidation sites excluding steroid dienone is 1. The molecule has 0 aliphatic carbocycles. The number of anilines is 1. The van der Waals surface area contributed by atoms with Crippen LogP contribution >= 0.6 is 11.3 Å². The Labute approximate surface area is 259 Å². The average molecular weight is 623 g/mol. The molecule has 232 valence electrons. The summed E-state index contributed by atoms with van der Waals surface area (Å²) in [6, 6.07) is 16.1. The highest BCUT2D eigenvalue weighted by Crippen LogP contribution is 2.44. The van der Waals surface area contributed by atoms with Gasteiger partial charge in [0.05, 0.1) is 24.5 Å². The van der Waals surface area contributed by atoms with Crippen molar-refractivity contribution in [3.8, 4) is 10.6 Å². The third kappa shape index (κ3) is 6.73. The number of likely N-dealkylation sites (tertiary alicyclic amines) is 1. The van der Waals surface area contributed by atoms with Crippen LogP contribution in [0.4, 0.5) is 14.5 Å². The number of likely N-dealkylation sites (N-methyl/N-ethyl adjacent to an activating group) is 1. The van der Waals surface area contributed by atoms with Gasteiger partial charge in [-0.2, -0.15) is 0 Å². The largest absolute Gasteiger partial charge is 0.465 e. The first-order chi connectivity index (χ1) is 21.1. The van der Waals surface area contributed by atoms with Gasteiger partial charge in [0.15, 0.2) is 0 Å². The van der Waals surface area contributed by atoms with E-state index in [4.69, 9.17) is 4.74 Å². The first-order valence-corrected chi connectivity index (χ1v) is 15.6. The number of carbonyl (C=O) groups is 3. The van der Waals surface area contributed by atoms with Gasteiger partial charge < -0.3 is 14.5 Å². The number of esters is 1. The van der Waals surface area contributed by atoms with Crippen molar-refractivity contribution in [3.05, 3.63) is 76.8 Å². The van der Waals surface area contributed by atoms with Gasteiger partial charge in [-0.3, -0.25) is 19.3 Å². The molecule has 11 heteroatoms. The minimum atomic E-state index is -3.34. The highest BCUT2D eigenvalue weighted by Gasteiger charge is 2.42. The second kappa shape index (κ2) is 13.4. The Balaban J connectivity index is 1.37. The number of rotatable bonds is 7. The zero-order valence-electron chi connectivity index (χ0n) is 25.1. The van der Waals surface area contributed by atoms with Gasteiger partial charge in [-0.15, -0.1) is 11.3 Å². The number of amides is 2. The molecule has 44 heavy (non-hydrogen) atoms. The standard InChI is InChI=1S/C33H36F2N4O4S/c1-4-43-29(41)21-37(3)24-14-17-38(18-15-24)28(40)20-26-25-12-8-9-13-27(25)39(19-16-33(26,34)35)32(42)30-22(2)36-31(44-30)23-10-6-5-7-11-23/h5-13,20,24H,4,14-19,21H2,1-3H3/b26-20-. The maximum absolute atomic E-state index is 15.8. The fraction of sp³-hybridized carbons (Fsp3) is 0.394. The maximum Gasteiger partial charge on any atom is 0.320 e. The number of para-hydroxylation sites is 1. The number of hydrogen-bond donors (Lipinski definition) is 0. The third-order valence-electron chi connectivity index (χ3n) is 8.14.